The predicted octanol–water partition coefficient (Wildman–Crippen LogP) is 4.63. The van der Waals surface area contributed by atoms with E-state index in [1.807, 2.05) is 30.5 Å². The minimum absolute atomic E-state index is 0.592. The number of ether oxygens (including phenoxy) is 2. The summed E-state index contributed by atoms with van der Waals surface area (Å²) in [5.41, 5.74) is 3.13. The minimum Gasteiger partial charge on any atom is -0.486 e. The Labute approximate surface area is 162 Å². The fourth-order valence-electron chi connectivity index (χ4n) is 3.59. The average Bonchev–Trinajstić information content (AvgIpc) is 3.24. The van der Waals surface area contributed by atoms with Crippen LogP contribution >= 0.6 is 11.3 Å². The molecule has 6 heteroatoms. The van der Waals surface area contributed by atoms with Gasteiger partial charge in [-0.25, -0.2) is 9.97 Å². The Hall–Kier alpha value is -2.60. The lowest BCUT2D eigenvalue weighted by Gasteiger charge is -2.27. The molecule has 1 saturated heterocycles. The van der Waals surface area contributed by atoms with Crippen LogP contribution in [-0.2, 0) is 0 Å². The largest absolute Gasteiger partial charge is 0.486 e. The van der Waals surface area contributed by atoms with E-state index < -0.39 is 0 Å². The van der Waals surface area contributed by atoms with Crippen molar-refractivity contribution in [2.75, 3.05) is 31.2 Å². The monoisotopic (exact) mass is 379 g/mol. The number of hydrogen-bond donors (Lipinski definition) is 0. The van der Waals surface area contributed by atoms with Gasteiger partial charge in [-0.05, 0) is 49.6 Å². The van der Waals surface area contributed by atoms with E-state index in [2.05, 4.69) is 21.3 Å². The van der Waals surface area contributed by atoms with Crippen molar-refractivity contribution in [2.24, 2.45) is 0 Å². The maximum Gasteiger partial charge on any atom is 0.162 e. The van der Waals surface area contributed by atoms with Gasteiger partial charge in [0.15, 0.2) is 11.5 Å². The third-order valence-electron chi connectivity index (χ3n) is 5.01. The topological polar surface area (TPSA) is 47.5 Å². The van der Waals surface area contributed by atoms with Crippen LogP contribution < -0.4 is 14.4 Å². The zero-order valence-electron chi connectivity index (χ0n) is 15.1. The fourth-order valence-corrected chi connectivity index (χ4v) is 4.42. The molecular formula is C21H21N3O2S. The Kier molecular flexibility index (Phi) is 4.41. The van der Waals surface area contributed by atoms with Crippen LogP contribution in [0.3, 0.4) is 0 Å². The molecule has 0 atom stereocenters. The third-order valence-corrected chi connectivity index (χ3v) is 5.91. The Morgan fingerprint density at radius 1 is 0.889 bits per heavy atom. The normalized spacial score (nSPS) is 16.4. The van der Waals surface area contributed by atoms with Crippen molar-refractivity contribution < 1.29 is 9.47 Å². The molecule has 0 aliphatic carbocycles. The summed E-state index contributed by atoms with van der Waals surface area (Å²) in [5, 5.41) is 3.11. The highest BCUT2D eigenvalue weighted by atomic mass is 32.1. The summed E-state index contributed by atoms with van der Waals surface area (Å²) in [5.74, 6) is 2.66. The maximum absolute atomic E-state index is 5.70. The van der Waals surface area contributed by atoms with E-state index in [1.54, 1.807) is 11.3 Å². The number of benzene rings is 1. The fraction of sp³-hybridized carbons (Fsp3) is 0.333. The Bertz CT molecular complexity index is 950. The number of hydrogen-bond acceptors (Lipinski definition) is 6. The molecule has 2 aromatic heterocycles. The van der Waals surface area contributed by atoms with Crippen LogP contribution in [0.5, 0.6) is 11.5 Å². The molecule has 2 aliphatic rings. The summed E-state index contributed by atoms with van der Waals surface area (Å²) < 4.78 is 11.3. The van der Waals surface area contributed by atoms with Gasteiger partial charge in [0.05, 0.1) is 5.69 Å². The summed E-state index contributed by atoms with van der Waals surface area (Å²) in [6.07, 6.45) is 5.71. The van der Waals surface area contributed by atoms with Gasteiger partial charge in [-0.15, -0.1) is 11.3 Å². The van der Waals surface area contributed by atoms with E-state index in [1.165, 1.54) is 19.3 Å². The number of pyridine rings is 1. The smallest absolute Gasteiger partial charge is 0.162 e. The van der Waals surface area contributed by atoms with Crippen molar-refractivity contribution in [2.45, 2.75) is 19.3 Å². The molecule has 0 radical (unpaired) electrons. The number of nitrogens with zero attached hydrogens (tertiary/aromatic N) is 3. The Balaban J connectivity index is 1.42. The van der Waals surface area contributed by atoms with Crippen molar-refractivity contribution in [3.63, 3.8) is 0 Å². The molecule has 0 N–H and O–H groups in total. The van der Waals surface area contributed by atoms with Crippen molar-refractivity contribution in [3.8, 4) is 33.3 Å². The molecule has 138 valence electrons. The molecule has 1 aromatic carbocycles. The van der Waals surface area contributed by atoms with E-state index in [9.17, 15) is 0 Å². The Morgan fingerprint density at radius 2 is 1.74 bits per heavy atom. The van der Waals surface area contributed by atoms with Crippen molar-refractivity contribution in [1.82, 2.24) is 9.97 Å². The van der Waals surface area contributed by atoms with E-state index in [4.69, 9.17) is 14.5 Å². The van der Waals surface area contributed by atoms with Gasteiger partial charge in [0.2, 0.25) is 0 Å². The molecular weight excluding hydrogens is 358 g/mol. The maximum atomic E-state index is 5.70. The molecule has 0 spiro atoms. The third kappa shape index (κ3) is 3.37. The van der Waals surface area contributed by atoms with Crippen LogP contribution in [0.4, 0.5) is 5.82 Å². The van der Waals surface area contributed by atoms with Crippen LogP contribution in [0.1, 0.15) is 19.3 Å². The van der Waals surface area contributed by atoms with Crippen LogP contribution in [0.2, 0.25) is 0 Å². The van der Waals surface area contributed by atoms with E-state index in [0.717, 1.165) is 52.2 Å². The van der Waals surface area contributed by atoms with Gasteiger partial charge >= 0.3 is 0 Å². The number of rotatable bonds is 3. The summed E-state index contributed by atoms with van der Waals surface area (Å²) in [4.78, 5) is 11.8. The number of piperidine rings is 1. The zero-order valence-corrected chi connectivity index (χ0v) is 15.9. The van der Waals surface area contributed by atoms with Gasteiger partial charge in [-0.3, -0.25) is 0 Å². The molecule has 3 aromatic rings. The van der Waals surface area contributed by atoms with Crippen molar-refractivity contribution in [3.05, 3.63) is 41.9 Å². The molecule has 2 aliphatic heterocycles. The lowest BCUT2D eigenvalue weighted by atomic mass is 10.1. The van der Waals surface area contributed by atoms with Crippen LogP contribution in [0.15, 0.2) is 41.9 Å². The molecule has 1 fully saturated rings. The first-order valence-corrected chi connectivity index (χ1v) is 10.3. The SMILES string of the molecule is c1cc(-c2nc(-c3ccc4c(c3)OCCO4)cs2)cc(N2CCCCC2)n1. The van der Waals surface area contributed by atoms with Crippen molar-refractivity contribution >= 4 is 17.2 Å². The highest BCUT2D eigenvalue weighted by Crippen LogP contribution is 2.36. The second kappa shape index (κ2) is 7.19. The standard InChI is InChI=1S/C21H21N3O2S/c1-2-8-24(9-3-1)20-13-16(6-7-22-20)21-23-17(14-27-21)15-4-5-18-19(12-15)26-11-10-25-18/h4-7,12-14H,1-3,8-11H2. The molecule has 5 rings (SSSR count). The second-order valence-corrected chi connectivity index (χ2v) is 7.70. The quantitative estimate of drug-likeness (QED) is 0.664. The van der Waals surface area contributed by atoms with E-state index >= 15 is 0 Å². The predicted molar refractivity (Wildman–Crippen MR) is 108 cm³/mol. The number of aromatic nitrogens is 2. The van der Waals surface area contributed by atoms with Crippen molar-refractivity contribution in [1.29, 1.82) is 0 Å². The zero-order chi connectivity index (χ0) is 18.1. The molecule has 0 unspecified atom stereocenters. The van der Waals surface area contributed by atoms with Crippen LogP contribution in [0.25, 0.3) is 21.8 Å². The van der Waals surface area contributed by atoms with Gasteiger partial charge in [0.1, 0.15) is 24.0 Å². The van der Waals surface area contributed by atoms with Gasteiger partial charge in [-0.2, -0.15) is 0 Å². The van der Waals surface area contributed by atoms with E-state index in [-0.39, 0.29) is 0 Å². The molecule has 5 nitrogen and oxygen atoms in total. The van der Waals surface area contributed by atoms with Gasteiger partial charge in [-0.1, -0.05) is 0 Å². The molecule has 0 saturated carbocycles. The summed E-state index contributed by atoms with van der Waals surface area (Å²) in [6.45, 7) is 3.39. The van der Waals surface area contributed by atoms with Gasteiger partial charge in [0, 0.05) is 35.8 Å². The lowest BCUT2D eigenvalue weighted by Crippen LogP contribution is -2.30. The average molecular weight is 379 g/mol. The van der Waals surface area contributed by atoms with Gasteiger partial charge < -0.3 is 14.4 Å². The molecule has 0 bridgehead atoms. The molecule has 27 heavy (non-hydrogen) atoms. The summed E-state index contributed by atoms with van der Waals surface area (Å²) in [6, 6.07) is 10.2. The highest BCUT2D eigenvalue weighted by molar-refractivity contribution is 7.13. The molecule has 0 amide bonds. The van der Waals surface area contributed by atoms with Crippen LogP contribution in [0, 0.1) is 0 Å². The first kappa shape index (κ1) is 16.6. The lowest BCUT2D eigenvalue weighted by molar-refractivity contribution is 0.171. The molecule has 4 heterocycles. The number of anilines is 1. The first-order chi connectivity index (χ1) is 13.4. The van der Waals surface area contributed by atoms with E-state index in [0.29, 0.717) is 13.2 Å². The number of fused-ring (bicyclic) bond motifs is 1. The first-order valence-electron chi connectivity index (χ1n) is 9.44. The summed E-state index contributed by atoms with van der Waals surface area (Å²) in [7, 11) is 0. The van der Waals surface area contributed by atoms with Crippen LogP contribution in [-0.4, -0.2) is 36.3 Å². The summed E-state index contributed by atoms with van der Waals surface area (Å²) >= 11 is 1.66. The Morgan fingerprint density at radius 3 is 2.63 bits per heavy atom. The number of thiazole rings is 1. The van der Waals surface area contributed by atoms with Gasteiger partial charge in [0.25, 0.3) is 0 Å². The highest BCUT2D eigenvalue weighted by Gasteiger charge is 2.16. The second-order valence-electron chi connectivity index (χ2n) is 6.85. The minimum atomic E-state index is 0.592.